The van der Waals surface area contributed by atoms with Crippen molar-refractivity contribution in [2.75, 3.05) is 23.3 Å². The molecule has 39 heavy (non-hydrogen) atoms. The van der Waals surface area contributed by atoms with Gasteiger partial charge in [0, 0.05) is 48.4 Å². The van der Waals surface area contributed by atoms with Gasteiger partial charge in [0.1, 0.15) is 11.2 Å². The van der Waals surface area contributed by atoms with Gasteiger partial charge < -0.3 is 15.2 Å². The molecule has 1 fully saturated rings. The Kier molecular flexibility index (Phi) is 5.69. The number of amides is 1. The van der Waals surface area contributed by atoms with Gasteiger partial charge in [-0.05, 0) is 49.6 Å². The van der Waals surface area contributed by atoms with Gasteiger partial charge >= 0.3 is 0 Å². The SMILES string of the molecule is O=C(Nc1cncc(-c2cnc3[nH]nc(-c4nc5c(N6CCCCC6)ccnc5[nH]4)c3c2)c1)c1ccccc1. The molecule has 3 N–H and O–H groups in total. The first kappa shape index (κ1) is 23.0. The van der Waals surface area contributed by atoms with E-state index in [4.69, 9.17) is 4.98 Å². The largest absolute Gasteiger partial charge is 0.370 e. The van der Waals surface area contributed by atoms with Crippen molar-refractivity contribution in [2.45, 2.75) is 19.3 Å². The summed E-state index contributed by atoms with van der Waals surface area (Å²) in [5.41, 5.74) is 6.85. The van der Waals surface area contributed by atoms with Crippen molar-refractivity contribution < 1.29 is 4.79 Å². The standard InChI is InChI=1S/C29H25N9O/c39-29(18-7-3-1-4-8-18)33-21-13-19(15-30-17-21)20-14-22-24(36-37-26(22)32-16-20)28-34-25-23(9-10-31-27(25)35-28)38-11-5-2-6-12-38/h1,3-4,7-10,13-17H,2,5-6,11-12H2,(H,33,39)(H,31,34,35)(H,32,36,37). The molecule has 0 saturated carbocycles. The Morgan fingerprint density at radius 3 is 2.62 bits per heavy atom. The molecular formula is C29H25N9O. The van der Waals surface area contributed by atoms with Crippen LogP contribution < -0.4 is 10.2 Å². The summed E-state index contributed by atoms with van der Waals surface area (Å²) in [6.07, 6.45) is 10.6. The summed E-state index contributed by atoms with van der Waals surface area (Å²) < 4.78 is 0. The van der Waals surface area contributed by atoms with Crippen molar-refractivity contribution >= 4 is 39.5 Å². The average Bonchev–Trinajstić information content (AvgIpc) is 3.62. The first-order valence-corrected chi connectivity index (χ1v) is 13.0. The molecule has 0 radical (unpaired) electrons. The summed E-state index contributed by atoms with van der Waals surface area (Å²) in [7, 11) is 0. The van der Waals surface area contributed by atoms with Crippen LogP contribution in [0.3, 0.4) is 0 Å². The van der Waals surface area contributed by atoms with Crippen molar-refractivity contribution in [2.24, 2.45) is 0 Å². The molecule has 0 unspecified atom stereocenters. The van der Waals surface area contributed by atoms with Crippen LogP contribution >= 0.6 is 0 Å². The maximum atomic E-state index is 12.6. The Morgan fingerprint density at radius 1 is 0.897 bits per heavy atom. The molecule has 1 aromatic carbocycles. The van der Waals surface area contributed by atoms with Crippen LogP contribution in [-0.4, -0.2) is 54.1 Å². The van der Waals surface area contributed by atoms with Gasteiger partial charge in [-0.3, -0.25) is 14.9 Å². The molecule has 0 bridgehead atoms. The van der Waals surface area contributed by atoms with E-state index in [0.717, 1.165) is 46.5 Å². The van der Waals surface area contributed by atoms with Crippen molar-refractivity contribution in [3.63, 3.8) is 0 Å². The van der Waals surface area contributed by atoms with E-state index in [-0.39, 0.29) is 5.91 Å². The zero-order valence-electron chi connectivity index (χ0n) is 21.1. The average molecular weight is 516 g/mol. The van der Waals surface area contributed by atoms with Gasteiger partial charge in [0.2, 0.25) is 0 Å². The minimum Gasteiger partial charge on any atom is -0.370 e. The minimum atomic E-state index is -0.192. The molecule has 1 saturated heterocycles. The second kappa shape index (κ2) is 9.64. The molecule has 1 aliphatic heterocycles. The highest BCUT2D eigenvalue weighted by atomic mass is 16.1. The van der Waals surface area contributed by atoms with Crippen molar-refractivity contribution in [1.82, 2.24) is 35.1 Å². The van der Waals surface area contributed by atoms with Gasteiger partial charge in [-0.15, -0.1) is 0 Å². The summed E-state index contributed by atoms with van der Waals surface area (Å²) in [4.78, 5) is 36.7. The summed E-state index contributed by atoms with van der Waals surface area (Å²) in [6, 6.07) is 15.0. The Morgan fingerprint density at radius 2 is 1.74 bits per heavy atom. The number of pyridine rings is 3. The minimum absolute atomic E-state index is 0.192. The number of piperidine rings is 1. The molecule has 5 aromatic heterocycles. The molecule has 10 nitrogen and oxygen atoms in total. The molecule has 6 heterocycles. The van der Waals surface area contributed by atoms with E-state index >= 15 is 0 Å². The normalized spacial score (nSPS) is 13.7. The van der Waals surface area contributed by atoms with Gasteiger partial charge in [-0.2, -0.15) is 5.10 Å². The molecule has 1 aliphatic rings. The summed E-state index contributed by atoms with van der Waals surface area (Å²) in [5, 5.41) is 11.3. The maximum Gasteiger partial charge on any atom is 0.255 e. The maximum absolute atomic E-state index is 12.6. The number of benzene rings is 1. The number of carbonyl (C=O) groups excluding carboxylic acids is 1. The lowest BCUT2D eigenvalue weighted by Gasteiger charge is -2.28. The van der Waals surface area contributed by atoms with E-state index < -0.39 is 0 Å². The molecular weight excluding hydrogens is 490 g/mol. The van der Waals surface area contributed by atoms with Crippen molar-refractivity contribution in [1.29, 1.82) is 0 Å². The Hall–Kier alpha value is -5.12. The highest BCUT2D eigenvalue weighted by Gasteiger charge is 2.20. The third-order valence-electron chi connectivity index (χ3n) is 7.07. The highest BCUT2D eigenvalue weighted by molar-refractivity contribution is 6.04. The van der Waals surface area contributed by atoms with Gasteiger partial charge in [0.05, 0.1) is 23.0 Å². The zero-order chi connectivity index (χ0) is 26.2. The number of nitrogens with zero attached hydrogens (tertiary/aromatic N) is 6. The van der Waals surface area contributed by atoms with Crippen LogP contribution in [0.2, 0.25) is 0 Å². The highest BCUT2D eigenvalue weighted by Crippen LogP contribution is 2.32. The third kappa shape index (κ3) is 4.35. The smallest absolute Gasteiger partial charge is 0.255 e. The lowest BCUT2D eigenvalue weighted by molar-refractivity contribution is 0.102. The Labute approximate surface area is 223 Å². The van der Waals surface area contributed by atoms with Crippen molar-refractivity contribution in [3.05, 3.63) is 78.9 Å². The number of rotatable bonds is 5. The van der Waals surface area contributed by atoms with E-state index in [1.165, 1.54) is 19.3 Å². The topological polar surface area (TPSA) is 128 Å². The van der Waals surface area contributed by atoms with Gasteiger partial charge in [-0.1, -0.05) is 18.2 Å². The predicted molar refractivity (Wildman–Crippen MR) is 150 cm³/mol. The number of imidazole rings is 1. The molecule has 6 aromatic rings. The van der Waals surface area contributed by atoms with Crippen molar-refractivity contribution in [3.8, 4) is 22.6 Å². The number of fused-ring (bicyclic) bond motifs is 2. The second-order valence-corrected chi connectivity index (χ2v) is 9.64. The van der Waals surface area contributed by atoms with E-state index in [9.17, 15) is 4.79 Å². The number of H-pyrrole nitrogens is 2. The fourth-order valence-electron chi connectivity index (χ4n) is 5.10. The summed E-state index contributed by atoms with van der Waals surface area (Å²) in [6.45, 7) is 2.05. The third-order valence-corrected chi connectivity index (χ3v) is 7.07. The van der Waals surface area contributed by atoms with Gasteiger partial charge in [0.15, 0.2) is 17.1 Å². The van der Waals surface area contributed by atoms with Crippen LogP contribution in [0, 0.1) is 0 Å². The second-order valence-electron chi connectivity index (χ2n) is 9.64. The number of hydrogen-bond donors (Lipinski definition) is 3. The molecule has 7 rings (SSSR count). The molecule has 10 heteroatoms. The monoisotopic (exact) mass is 515 g/mol. The molecule has 192 valence electrons. The first-order chi connectivity index (χ1) is 19.2. The van der Waals surface area contributed by atoms with Crippen LogP contribution in [-0.2, 0) is 0 Å². The number of carbonyl (C=O) groups is 1. The first-order valence-electron chi connectivity index (χ1n) is 13.0. The zero-order valence-corrected chi connectivity index (χ0v) is 21.1. The predicted octanol–water partition coefficient (Wildman–Crippen LogP) is 5.20. The van der Waals surface area contributed by atoms with E-state index in [2.05, 4.69) is 40.3 Å². The van der Waals surface area contributed by atoms with E-state index in [1.807, 2.05) is 42.6 Å². The number of hydrogen-bond acceptors (Lipinski definition) is 7. The Bertz CT molecular complexity index is 1800. The van der Waals surface area contributed by atoms with Gasteiger partial charge in [0.25, 0.3) is 5.91 Å². The number of aromatic amines is 2. The fourth-order valence-corrected chi connectivity index (χ4v) is 5.10. The van der Waals surface area contributed by atoms with Crippen LogP contribution in [0.5, 0.6) is 0 Å². The summed E-state index contributed by atoms with van der Waals surface area (Å²) in [5.74, 6) is 0.442. The molecule has 0 atom stereocenters. The van der Waals surface area contributed by atoms with Crippen LogP contribution in [0.4, 0.5) is 11.4 Å². The van der Waals surface area contributed by atoms with Crippen LogP contribution in [0.25, 0.3) is 44.8 Å². The molecule has 0 aliphatic carbocycles. The quantitative estimate of drug-likeness (QED) is 0.288. The molecule has 0 spiro atoms. The number of aromatic nitrogens is 7. The number of anilines is 2. The van der Waals surface area contributed by atoms with E-state index in [1.54, 1.807) is 30.7 Å². The fraction of sp³-hybridized carbons (Fsp3) is 0.172. The summed E-state index contributed by atoms with van der Waals surface area (Å²) >= 11 is 0. The number of nitrogens with one attached hydrogen (secondary N) is 3. The van der Waals surface area contributed by atoms with Crippen LogP contribution in [0.1, 0.15) is 29.6 Å². The Balaban J connectivity index is 1.22. The van der Waals surface area contributed by atoms with Gasteiger partial charge in [-0.25, -0.2) is 15.0 Å². The molecule has 1 amide bonds. The lowest BCUT2D eigenvalue weighted by atomic mass is 10.1. The van der Waals surface area contributed by atoms with Crippen LogP contribution in [0.15, 0.2) is 73.3 Å². The van der Waals surface area contributed by atoms with E-state index in [0.29, 0.717) is 28.4 Å². The lowest BCUT2D eigenvalue weighted by Crippen LogP contribution is -2.29.